The van der Waals surface area contributed by atoms with Crippen molar-refractivity contribution in [3.05, 3.63) is 23.3 Å². The first-order valence-electron chi connectivity index (χ1n) is 13.9. The Kier molecular flexibility index (Phi) is 9.49. The predicted octanol–water partition coefficient (Wildman–Crippen LogP) is 3.41. The summed E-state index contributed by atoms with van der Waals surface area (Å²) in [4.78, 5) is 40.6. The molecule has 2 N–H and O–H groups in total. The van der Waals surface area contributed by atoms with E-state index in [4.69, 9.17) is 19.3 Å². The molecule has 10 nitrogen and oxygen atoms in total. The van der Waals surface area contributed by atoms with Crippen LogP contribution in [0.1, 0.15) is 86.2 Å². The molecule has 1 unspecified atom stereocenters. The maximum absolute atomic E-state index is 12.7. The van der Waals surface area contributed by atoms with Crippen molar-refractivity contribution in [1.29, 1.82) is 0 Å². The number of rotatable bonds is 14. The van der Waals surface area contributed by atoms with Crippen LogP contribution in [0.4, 0.5) is 4.79 Å². The number of likely N-dealkylation sites (tertiary alicyclic amines) is 1. The Morgan fingerprint density at radius 2 is 1.66 bits per heavy atom. The largest absolute Gasteiger partial charge is 0.497 e. The summed E-state index contributed by atoms with van der Waals surface area (Å²) in [6.07, 6.45) is 9.75. The number of unbranched alkanes of at least 4 members (excludes halogenated alkanes) is 6. The summed E-state index contributed by atoms with van der Waals surface area (Å²) in [5.74, 6) is 0.651. The molecule has 210 valence electrons. The minimum Gasteiger partial charge on any atom is -0.497 e. The minimum absolute atomic E-state index is 0.0581. The third-order valence-electron chi connectivity index (χ3n) is 8.08. The van der Waals surface area contributed by atoms with Gasteiger partial charge in [0.05, 0.1) is 27.4 Å². The molecule has 0 radical (unpaired) electrons. The Hall–Kier alpha value is -2.85. The van der Waals surface area contributed by atoms with Gasteiger partial charge in [-0.1, -0.05) is 32.1 Å². The Morgan fingerprint density at radius 1 is 0.974 bits per heavy atom. The third kappa shape index (κ3) is 6.07. The molecule has 1 spiro atoms. The van der Waals surface area contributed by atoms with E-state index in [0.29, 0.717) is 29.9 Å². The molecule has 0 bridgehead atoms. The summed E-state index contributed by atoms with van der Waals surface area (Å²) < 4.78 is 16.3. The van der Waals surface area contributed by atoms with Crippen LogP contribution in [0.3, 0.4) is 0 Å². The standard InChI is InChI=1S/C28H41N3O7/c1-36-20-18-21-22(38-25(33)24(21)23(19-20)37-2)10-8-6-4-3-5-7-9-13-30-14-11-28(12-15-30)26(34)31(16-17-32)27(35)29-28/h18-19,22,32H,3-17H2,1-2H3,(H,29,35). The zero-order valence-corrected chi connectivity index (χ0v) is 22.6. The van der Waals surface area contributed by atoms with E-state index < -0.39 is 5.54 Å². The number of esters is 1. The van der Waals surface area contributed by atoms with Crippen molar-refractivity contribution in [1.82, 2.24) is 15.1 Å². The van der Waals surface area contributed by atoms with Gasteiger partial charge in [0.25, 0.3) is 5.91 Å². The average Bonchev–Trinajstić information content (AvgIpc) is 3.36. The monoisotopic (exact) mass is 531 g/mol. The van der Waals surface area contributed by atoms with E-state index in [1.165, 1.54) is 19.3 Å². The van der Waals surface area contributed by atoms with Crippen LogP contribution in [-0.4, -0.2) is 85.4 Å². The van der Waals surface area contributed by atoms with Gasteiger partial charge in [-0.25, -0.2) is 9.59 Å². The van der Waals surface area contributed by atoms with Crippen LogP contribution < -0.4 is 14.8 Å². The van der Waals surface area contributed by atoms with E-state index in [-0.39, 0.29) is 37.2 Å². The molecular formula is C28H41N3O7. The molecule has 38 heavy (non-hydrogen) atoms. The quantitative estimate of drug-likeness (QED) is 0.213. The van der Waals surface area contributed by atoms with Gasteiger partial charge in [-0.15, -0.1) is 0 Å². The maximum Gasteiger partial charge on any atom is 0.342 e. The average molecular weight is 532 g/mol. The molecule has 10 heteroatoms. The summed E-state index contributed by atoms with van der Waals surface area (Å²) >= 11 is 0. The topological polar surface area (TPSA) is 118 Å². The molecule has 0 aromatic heterocycles. The lowest BCUT2D eigenvalue weighted by Crippen LogP contribution is -2.55. The van der Waals surface area contributed by atoms with Gasteiger partial charge in [0, 0.05) is 24.7 Å². The molecule has 3 heterocycles. The van der Waals surface area contributed by atoms with Crippen LogP contribution in [0.25, 0.3) is 0 Å². The van der Waals surface area contributed by atoms with Crippen molar-refractivity contribution in [2.75, 3.05) is 47.0 Å². The Bertz CT molecular complexity index is 1010. The number of nitrogens with zero attached hydrogens (tertiary/aromatic N) is 2. The van der Waals surface area contributed by atoms with Crippen molar-refractivity contribution < 1.29 is 33.7 Å². The molecular weight excluding hydrogens is 490 g/mol. The van der Waals surface area contributed by atoms with Gasteiger partial charge in [-0.2, -0.15) is 0 Å². The summed E-state index contributed by atoms with van der Waals surface area (Å²) in [7, 11) is 3.15. The van der Waals surface area contributed by atoms with Crippen LogP contribution in [-0.2, 0) is 9.53 Å². The normalized spacial score (nSPS) is 20.6. The molecule has 3 aliphatic heterocycles. The van der Waals surface area contributed by atoms with Crippen molar-refractivity contribution in [3.8, 4) is 11.5 Å². The number of benzene rings is 1. The first-order valence-corrected chi connectivity index (χ1v) is 13.9. The Morgan fingerprint density at radius 3 is 2.32 bits per heavy atom. The van der Waals surface area contributed by atoms with Gasteiger partial charge >= 0.3 is 12.0 Å². The number of ether oxygens (including phenoxy) is 3. The molecule has 3 amide bonds. The van der Waals surface area contributed by atoms with E-state index in [2.05, 4.69) is 10.2 Å². The van der Waals surface area contributed by atoms with Crippen molar-refractivity contribution in [2.24, 2.45) is 0 Å². The molecule has 1 aromatic carbocycles. The number of cyclic esters (lactones) is 1. The zero-order valence-electron chi connectivity index (χ0n) is 22.6. The van der Waals surface area contributed by atoms with E-state index in [9.17, 15) is 14.4 Å². The number of amides is 3. The fraction of sp³-hybridized carbons (Fsp3) is 0.679. The summed E-state index contributed by atoms with van der Waals surface area (Å²) in [5.41, 5.74) is 0.599. The third-order valence-corrected chi connectivity index (χ3v) is 8.08. The number of piperidine rings is 1. The second-order valence-electron chi connectivity index (χ2n) is 10.5. The molecule has 2 fully saturated rings. The fourth-order valence-corrected chi connectivity index (χ4v) is 5.85. The smallest absolute Gasteiger partial charge is 0.342 e. The molecule has 4 rings (SSSR count). The van der Waals surface area contributed by atoms with Crippen LogP contribution in [0.15, 0.2) is 12.1 Å². The lowest BCUT2D eigenvalue weighted by Gasteiger charge is -2.37. The number of urea groups is 1. The number of aliphatic hydroxyl groups is 1. The number of imide groups is 1. The van der Waals surface area contributed by atoms with Crippen LogP contribution in [0, 0.1) is 0 Å². The highest BCUT2D eigenvalue weighted by atomic mass is 16.6. The van der Waals surface area contributed by atoms with Crippen LogP contribution >= 0.6 is 0 Å². The van der Waals surface area contributed by atoms with E-state index in [0.717, 1.165) is 62.2 Å². The molecule has 1 aromatic rings. The second-order valence-corrected chi connectivity index (χ2v) is 10.5. The van der Waals surface area contributed by atoms with Crippen molar-refractivity contribution in [2.45, 2.75) is 75.9 Å². The number of methoxy groups -OCH3 is 2. The van der Waals surface area contributed by atoms with Gasteiger partial charge in [-0.05, 0) is 44.7 Å². The minimum atomic E-state index is -0.778. The number of carbonyl (C=O) groups excluding carboxylic acids is 3. The number of nitrogens with one attached hydrogen (secondary N) is 1. The van der Waals surface area contributed by atoms with Gasteiger partial charge in [0.2, 0.25) is 0 Å². The molecule has 3 aliphatic rings. The Balaban J connectivity index is 1.07. The molecule has 0 saturated carbocycles. The van der Waals surface area contributed by atoms with Gasteiger partial charge < -0.3 is 29.5 Å². The Labute approximate surface area is 224 Å². The van der Waals surface area contributed by atoms with E-state index >= 15 is 0 Å². The van der Waals surface area contributed by atoms with E-state index in [1.54, 1.807) is 20.3 Å². The van der Waals surface area contributed by atoms with Gasteiger partial charge in [-0.3, -0.25) is 9.69 Å². The lowest BCUT2D eigenvalue weighted by molar-refractivity contribution is -0.133. The first-order chi connectivity index (χ1) is 18.4. The first kappa shape index (κ1) is 28.2. The van der Waals surface area contributed by atoms with E-state index in [1.807, 2.05) is 6.07 Å². The molecule has 0 aliphatic carbocycles. The number of carbonyl (C=O) groups is 3. The number of hydrogen-bond donors (Lipinski definition) is 2. The highest BCUT2D eigenvalue weighted by Gasteiger charge is 2.51. The van der Waals surface area contributed by atoms with Crippen molar-refractivity contribution in [3.63, 3.8) is 0 Å². The highest BCUT2D eigenvalue weighted by molar-refractivity contribution is 6.07. The highest BCUT2D eigenvalue weighted by Crippen LogP contribution is 2.41. The van der Waals surface area contributed by atoms with Crippen LogP contribution in [0.5, 0.6) is 11.5 Å². The number of fused-ring (bicyclic) bond motifs is 1. The predicted molar refractivity (Wildman–Crippen MR) is 140 cm³/mol. The number of β-amino-alcohol motifs (C(OH)–C–C–N with tert-alkyl or cyclic N) is 1. The number of hydrogen-bond acceptors (Lipinski definition) is 8. The van der Waals surface area contributed by atoms with Gasteiger partial charge in [0.1, 0.15) is 28.7 Å². The molecule has 1 atom stereocenters. The zero-order chi connectivity index (χ0) is 27.1. The molecule has 2 saturated heterocycles. The van der Waals surface area contributed by atoms with Crippen molar-refractivity contribution >= 4 is 17.9 Å². The summed E-state index contributed by atoms with van der Waals surface area (Å²) in [5, 5.41) is 12.0. The summed E-state index contributed by atoms with van der Waals surface area (Å²) in [6, 6.07) is 3.21. The van der Waals surface area contributed by atoms with Crippen LogP contribution in [0.2, 0.25) is 0 Å². The van der Waals surface area contributed by atoms with Gasteiger partial charge in [0.15, 0.2) is 0 Å². The fourth-order valence-electron chi connectivity index (χ4n) is 5.85. The number of aliphatic hydroxyl groups excluding tert-OH is 1. The SMILES string of the molecule is COc1cc(OC)c2c(c1)C(CCCCCCCCCN1CCC3(CC1)NC(=O)N(CCO)C3=O)OC2=O. The lowest BCUT2D eigenvalue weighted by atomic mass is 9.87. The maximum atomic E-state index is 12.7. The summed E-state index contributed by atoms with van der Waals surface area (Å²) in [6.45, 7) is 2.45. The second kappa shape index (κ2) is 12.8.